The monoisotopic (exact) mass is 501 g/mol. The first-order valence-electron chi connectivity index (χ1n) is 13.2. The van der Waals surface area contributed by atoms with E-state index in [0.717, 1.165) is 54.1 Å². The number of ether oxygens (including phenoxy) is 2. The molecule has 8 heteroatoms. The van der Waals surface area contributed by atoms with Gasteiger partial charge >= 0.3 is 0 Å². The van der Waals surface area contributed by atoms with Crippen LogP contribution in [-0.2, 0) is 6.42 Å². The zero-order chi connectivity index (χ0) is 25.5. The maximum absolute atomic E-state index is 12.1. The van der Waals surface area contributed by atoms with Crippen LogP contribution in [-0.4, -0.2) is 54.0 Å². The van der Waals surface area contributed by atoms with Crippen molar-refractivity contribution in [1.29, 1.82) is 0 Å². The molecule has 1 saturated heterocycles. The highest BCUT2D eigenvalue weighted by Crippen LogP contribution is 2.31. The summed E-state index contributed by atoms with van der Waals surface area (Å²) < 4.78 is 11.6. The van der Waals surface area contributed by atoms with E-state index < -0.39 is 0 Å². The minimum absolute atomic E-state index is 0.227. The first-order chi connectivity index (χ1) is 18.2. The molecule has 8 nitrogen and oxygen atoms in total. The number of nitrogens with zero attached hydrogens (tertiary/aromatic N) is 3. The van der Waals surface area contributed by atoms with Gasteiger partial charge in [-0.05, 0) is 87.2 Å². The Balaban J connectivity index is 1.18. The Morgan fingerprint density at radius 1 is 0.919 bits per heavy atom. The first kappa shape index (κ1) is 25.0. The van der Waals surface area contributed by atoms with Crippen LogP contribution in [0.15, 0.2) is 48.7 Å². The number of rotatable bonds is 10. The standard InChI is InChI=1S/C29H35N5O3/c1-36-27-20-23(10-12-26(27)37-18-6-17-34-15-3-2-4-16-34)32-29-30-14-13-28(33-29)31-22-9-11-24-21(19-22)7-5-8-25(24)35/h9-14,19-20H,2-8,15-18H2,1H3,(H2,30,31,32,33). The van der Waals surface area contributed by atoms with Crippen molar-refractivity contribution in [3.8, 4) is 11.5 Å². The quantitative estimate of drug-likeness (QED) is 0.340. The van der Waals surface area contributed by atoms with Crippen LogP contribution in [0.2, 0.25) is 0 Å². The van der Waals surface area contributed by atoms with Crippen LogP contribution in [0.4, 0.5) is 23.1 Å². The number of ketones is 1. The maximum Gasteiger partial charge on any atom is 0.229 e. The number of Topliss-reactive ketones (excluding diaryl/α,β-unsaturated/α-hetero) is 1. The van der Waals surface area contributed by atoms with Gasteiger partial charge in [-0.15, -0.1) is 0 Å². The number of piperidine rings is 1. The van der Waals surface area contributed by atoms with Crippen molar-refractivity contribution in [2.45, 2.75) is 44.9 Å². The topological polar surface area (TPSA) is 88.6 Å². The van der Waals surface area contributed by atoms with Crippen LogP contribution in [0.5, 0.6) is 11.5 Å². The van der Waals surface area contributed by atoms with Crippen molar-refractivity contribution in [3.63, 3.8) is 0 Å². The molecule has 1 fully saturated rings. The smallest absolute Gasteiger partial charge is 0.229 e. The van der Waals surface area contributed by atoms with Crippen molar-refractivity contribution in [2.24, 2.45) is 0 Å². The fourth-order valence-corrected chi connectivity index (χ4v) is 5.01. The number of aromatic nitrogens is 2. The summed E-state index contributed by atoms with van der Waals surface area (Å²) in [6.07, 6.45) is 9.14. The fourth-order valence-electron chi connectivity index (χ4n) is 5.01. The van der Waals surface area contributed by atoms with E-state index in [9.17, 15) is 4.79 Å². The molecule has 194 valence electrons. The molecule has 1 aliphatic heterocycles. The highest BCUT2D eigenvalue weighted by Gasteiger charge is 2.17. The van der Waals surface area contributed by atoms with Crippen LogP contribution in [0, 0.1) is 0 Å². The van der Waals surface area contributed by atoms with E-state index in [0.29, 0.717) is 30.5 Å². The van der Waals surface area contributed by atoms with Gasteiger partial charge in [-0.1, -0.05) is 6.42 Å². The number of nitrogens with one attached hydrogen (secondary N) is 2. The molecule has 0 spiro atoms. The predicted molar refractivity (Wildman–Crippen MR) is 146 cm³/mol. The minimum atomic E-state index is 0.227. The van der Waals surface area contributed by atoms with Gasteiger partial charge in [-0.25, -0.2) is 4.98 Å². The lowest BCUT2D eigenvalue weighted by Gasteiger charge is -2.26. The van der Waals surface area contributed by atoms with Gasteiger partial charge in [0.05, 0.1) is 13.7 Å². The molecule has 2 N–H and O–H groups in total. The number of fused-ring (bicyclic) bond motifs is 1. The van der Waals surface area contributed by atoms with Gasteiger partial charge in [0.2, 0.25) is 5.95 Å². The summed E-state index contributed by atoms with van der Waals surface area (Å²) >= 11 is 0. The van der Waals surface area contributed by atoms with E-state index in [1.807, 2.05) is 42.5 Å². The zero-order valence-corrected chi connectivity index (χ0v) is 21.5. The summed E-state index contributed by atoms with van der Waals surface area (Å²) in [6.45, 7) is 4.15. The molecule has 0 radical (unpaired) electrons. The second kappa shape index (κ2) is 12.1. The van der Waals surface area contributed by atoms with Crippen molar-refractivity contribution >= 4 is 28.9 Å². The molecule has 0 saturated carbocycles. The highest BCUT2D eigenvalue weighted by molar-refractivity contribution is 5.98. The summed E-state index contributed by atoms with van der Waals surface area (Å²) in [7, 11) is 1.65. The normalized spacial score (nSPS) is 15.6. The van der Waals surface area contributed by atoms with Crippen molar-refractivity contribution in [3.05, 3.63) is 59.8 Å². The lowest BCUT2D eigenvalue weighted by atomic mass is 9.90. The number of anilines is 4. The SMILES string of the molecule is COc1cc(Nc2nccc(Nc3ccc4c(c3)CCCC4=O)n2)ccc1OCCCN1CCCCC1. The summed E-state index contributed by atoms with van der Waals surface area (Å²) in [5, 5.41) is 6.58. The van der Waals surface area contributed by atoms with Gasteiger partial charge in [-0.3, -0.25) is 4.79 Å². The van der Waals surface area contributed by atoms with Gasteiger partial charge < -0.3 is 25.0 Å². The van der Waals surface area contributed by atoms with Crippen LogP contribution in [0.3, 0.4) is 0 Å². The number of hydrogen-bond donors (Lipinski definition) is 2. The van der Waals surface area contributed by atoms with Gasteiger partial charge in [-0.2, -0.15) is 4.98 Å². The number of likely N-dealkylation sites (tertiary alicyclic amines) is 1. The lowest BCUT2D eigenvalue weighted by Crippen LogP contribution is -2.31. The molecule has 0 amide bonds. The van der Waals surface area contributed by atoms with E-state index in [4.69, 9.17) is 9.47 Å². The number of hydrogen-bond acceptors (Lipinski definition) is 8. The third-order valence-corrected chi connectivity index (χ3v) is 6.93. The van der Waals surface area contributed by atoms with Crippen LogP contribution in [0.1, 0.15) is 54.4 Å². The van der Waals surface area contributed by atoms with Crippen molar-refractivity contribution in [2.75, 3.05) is 44.0 Å². The molecule has 2 heterocycles. The molecule has 0 unspecified atom stereocenters. The number of carbonyl (C=O) groups is 1. The van der Waals surface area contributed by atoms with Gasteiger partial charge in [0, 0.05) is 42.2 Å². The zero-order valence-electron chi connectivity index (χ0n) is 21.5. The molecule has 0 atom stereocenters. The second-order valence-electron chi connectivity index (χ2n) is 9.63. The highest BCUT2D eigenvalue weighted by atomic mass is 16.5. The Labute approximate surface area is 218 Å². The predicted octanol–water partition coefficient (Wildman–Crippen LogP) is 5.75. The molecule has 37 heavy (non-hydrogen) atoms. The maximum atomic E-state index is 12.1. The molecule has 2 aliphatic rings. The molecular weight excluding hydrogens is 466 g/mol. The Kier molecular flexibility index (Phi) is 8.15. The van der Waals surface area contributed by atoms with Gasteiger partial charge in [0.25, 0.3) is 0 Å². The number of carbonyl (C=O) groups excluding carboxylic acids is 1. The summed E-state index contributed by atoms with van der Waals surface area (Å²) in [6, 6.07) is 13.4. The van der Waals surface area contributed by atoms with Crippen molar-refractivity contribution in [1.82, 2.24) is 14.9 Å². The van der Waals surface area contributed by atoms with E-state index in [-0.39, 0.29) is 5.78 Å². The van der Waals surface area contributed by atoms with Crippen LogP contribution in [0.25, 0.3) is 0 Å². The molecule has 0 bridgehead atoms. The van der Waals surface area contributed by atoms with E-state index in [1.165, 1.54) is 32.4 Å². The Bertz CT molecular complexity index is 1230. The van der Waals surface area contributed by atoms with Gasteiger partial charge in [0.1, 0.15) is 5.82 Å². The average molecular weight is 502 g/mol. The van der Waals surface area contributed by atoms with E-state index >= 15 is 0 Å². The summed E-state index contributed by atoms with van der Waals surface area (Å²) in [5.41, 5.74) is 3.64. The number of benzene rings is 2. The third-order valence-electron chi connectivity index (χ3n) is 6.93. The molecule has 2 aromatic carbocycles. The first-order valence-corrected chi connectivity index (χ1v) is 13.2. The Morgan fingerprint density at radius 2 is 1.76 bits per heavy atom. The molecule has 1 aliphatic carbocycles. The largest absolute Gasteiger partial charge is 0.493 e. The lowest BCUT2D eigenvalue weighted by molar-refractivity contribution is 0.0972. The summed E-state index contributed by atoms with van der Waals surface area (Å²) in [5.74, 6) is 2.76. The van der Waals surface area contributed by atoms with Crippen LogP contribution < -0.4 is 20.1 Å². The van der Waals surface area contributed by atoms with Crippen LogP contribution >= 0.6 is 0 Å². The molecular formula is C29H35N5O3. The summed E-state index contributed by atoms with van der Waals surface area (Å²) in [4.78, 5) is 23.6. The minimum Gasteiger partial charge on any atom is -0.493 e. The number of aryl methyl sites for hydroxylation is 1. The second-order valence-corrected chi connectivity index (χ2v) is 9.63. The average Bonchev–Trinajstić information content (AvgIpc) is 2.92. The Morgan fingerprint density at radius 3 is 2.62 bits per heavy atom. The van der Waals surface area contributed by atoms with E-state index in [1.54, 1.807) is 13.3 Å². The third kappa shape index (κ3) is 6.57. The molecule has 1 aromatic heterocycles. The fraction of sp³-hybridized carbons (Fsp3) is 0.414. The molecule has 3 aromatic rings. The number of methoxy groups -OCH3 is 1. The van der Waals surface area contributed by atoms with Crippen molar-refractivity contribution < 1.29 is 14.3 Å². The molecule has 5 rings (SSSR count). The Hall–Kier alpha value is -3.65. The van der Waals surface area contributed by atoms with E-state index in [2.05, 4.69) is 25.5 Å². The van der Waals surface area contributed by atoms with Gasteiger partial charge in [0.15, 0.2) is 17.3 Å².